The van der Waals surface area contributed by atoms with E-state index in [1.165, 1.54) is 32.1 Å². The molecule has 0 heterocycles. The number of unbranched alkanes of at least 4 members (excludes halogenated alkanes) is 5. The minimum atomic E-state index is -1.49. The van der Waals surface area contributed by atoms with Crippen molar-refractivity contribution in [2.75, 3.05) is 0 Å². The summed E-state index contributed by atoms with van der Waals surface area (Å²) in [6.07, 6.45) is 13.8. The van der Waals surface area contributed by atoms with E-state index in [-0.39, 0.29) is 5.41 Å². The monoisotopic (exact) mass is 300 g/mol. The third kappa shape index (κ3) is 7.15. The molecule has 0 radical (unpaired) electrons. The van der Waals surface area contributed by atoms with E-state index >= 15 is 0 Å². The third-order valence-corrected chi connectivity index (χ3v) is 4.91. The van der Waals surface area contributed by atoms with Crippen molar-refractivity contribution in [1.82, 2.24) is 0 Å². The first kappa shape index (κ1) is 20.9. The van der Waals surface area contributed by atoms with Gasteiger partial charge in [0, 0.05) is 11.8 Å². The first-order valence-electron chi connectivity index (χ1n) is 9.44. The fourth-order valence-corrected chi connectivity index (χ4v) is 3.79. The first-order valence-corrected chi connectivity index (χ1v) is 9.44. The molecular weight excluding hydrogens is 260 g/mol. The predicted octanol–water partition coefficient (Wildman–Crippen LogP) is 5.80. The van der Waals surface area contributed by atoms with Crippen LogP contribution in [0.15, 0.2) is 0 Å². The van der Waals surface area contributed by atoms with Crippen molar-refractivity contribution in [3.8, 4) is 0 Å². The molecule has 0 spiro atoms. The van der Waals surface area contributed by atoms with Gasteiger partial charge in [0.2, 0.25) is 0 Å². The summed E-state index contributed by atoms with van der Waals surface area (Å²) in [7, 11) is 0. The van der Waals surface area contributed by atoms with E-state index < -0.39 is 5.79 Å². The van der Waals surface area contributed by atoms with Gasteiger partial charge in [-0.2, -0.15) is 0 Å². The van der Waals surface area contributed by atoms with Crippen LogP contribution in [0.1, 0.15) is 111 Å². The van der Waals surface area contributed by atoms with E-state index in [0.29, 0.717) is 6.42 Å². The summed E-state index contributed by atoms with van der Waals surface area (Å²) >= 11 is 0. The summed E-state index contributed by atoms with van der Waals surface area (Å²) in [5.41, 5.74) is -0.294. The molecule has 0 aliphatic heterocycles. The van der Waals surface area contributed by atoms with Crippen molar-refractivity contribution in [3.63, 3.8) is 0 Å². The van der Waals surface area contributed by atoms with Crippen molar-refractivity contribution in [3.05, 3.63) is 0 Å². The van der Waals surface area contributed by atoms with E-state index in [1.54, 1.807) is 0 Å². The molecule has 0 aromatic carbocycles. The van der Waals surface area contributed by atoms with Crippen LogP contribution in [0.25, 0.3) is 0 Å². The highest BCUT2D eigenvalue weighted by atomic mass is 16.5. The second-order valence-corrected chi connectivity index (χ2v) is 6.86. The first-order chi connectivity index (χ1) is 9.99. The Morgan fingerprint density at radius 2 is 1.00 bits per heavy atom. The van der Waals surface area contributed by atoms with Gasteiger partial charge in [-0.15, -0.1) is 0 Å². The third-order valence-electron chi connectivity index (χ3n) is 4.91. The van der Waals surface area contributed by atoms with Gasteiger partial charge in [-0.3, -0.25) is 0 Å². The summed E-state index contributed by atoms with van der Waals surface area (Å²) < 4.78 is 0. The van der Waals surface area contributed by atoms with Crippen molar-refractivity contribution in [1.29, 1.82) is 0 Å². The fourth-order valence-electron chi connectivity index (χ4n) is 3.79. The van der Waals surface area contributed by atoms with Crippen LogP contribution in [0.4, 0.5) is 0 Å². The van der Waals surface area contributed by atoms with Crippen LogP contribution in [-0.4, -0.2) is 16.0 Å². The average Bonchev–Trinajstić information content (AvgIpc) is 2.42. The maximum atomic E-state index is 10.7. The molecule has 2 N–H and O–H groups in total. The quantitative estimate of drug-likeness (QED) is 0.314. The summed E-state index contributed by atoms with van der Waals surface area (Å²) in [5.74, 6) is -1.49. The minimum absolute atomic E-state index is 0.294. The highest BCUT2D eigenvalue weighted by Crippen LogP contribution is 2.46. The number of rotatable bonds is 14. The lowest BCUT2D eigenvalue weighted by Crippen LogP contribution is -2.48. The summed E-state index contributed by atoms with van der Waals surface area (Å²) in [6.45, 7) is 8.60. The molecule has 0 rings (SSSR count). The Balaban J connectivity index is 4.62. The summed E-state index contributed by atoms with van der Waals surface area (Å²) in [5, 5.41) is 21.4. The van der Waals surface area contributed by atoms with Gasteiger partial charge in [0.1, 0.15) is 0 Å². The van der Waals surface area contributed by atoms with Gasteiger partial charge in [0.25, 0.3) is 0 Å². The lowest BCUT2D eigenvalue weighted by atomic mass is 9.67. The van der Waals surface area contributed by atoms with E-state index in [0.717, 1.165) is 44.9 Å². The zero-order valence-corrected chi connectivity index (χ0v) is 15.1. The second kappa shape index (κ2) is 11.5. The van der Waals surface area contributed by atoms with Crippen LogP contribution in [-0.2, 0) is 0 Å². The molecular formula is C19H40O2. The maximum absolute atomic E-state index is 10.7. The predicted molar refractivity (Wildman–Crippen MR) is 92.3 cm³/mol. The van der Waals surface area contributed by atoms with Crippen molar-refractivity contribution < 1.29 is 10.2 Å². The molecule has 2 heteroatoms. The van der Waals surface area contributed by atoms with Gasteiger partial charge in [0.05, 0.1) is 0 Å². The lowest BCUT2D eigenvalue weighted by Gasteiger charge is -2.44. The number of hydrogen-bond acceptors (Lipinski definition) is 2. The molecule has 0 unspecified atom stereocenters. The molecule has 0 amide bonds. The van der Waals surface area contributed by atoms with Gasteiger partial charge >= 0.3 is 0 Å². The average molecular weight is 301 g/mol. The van der Waals surface area contributed by atoms with E-state index in [9.17, 15) is 10.2 Å². The van der Waals surface area contributed by atoms with Crippen LogP contribution < -0.4 is 0 Å². The van der Waals surface area contributed by atoms with Gasteiger partial charge in [-0.05, 0) is 19.3 Å². The molecule has 0 aromatic heterocycles. The molecule has 0 aliphatic carbocycles. The van der Waals surface area contributed by atoms with Crippen LogP contribution in [0.2, 0.25) is 0 Å². The Morgan fingerprint density at radius 1 is 0.524 bits per heavy atom. The fraction of sp³-hybridized carbons (Fsp3) is 1.00. The lowest BCUT2D eigenvalue weighted by molar-refractivity contribution is -0.256. The molecule has 0 aliphatic rings. The molecule has 0 fully saturated rings. The Morgan fingerprint density at radius 3 is 1.48 bits per heavy atom. The zero-order chi connectivity index (χ0) is 16.2. The smallest absolute Gasteiger partial charge is 0.168 e. The van der Waals surface area contributed by atoms with Gasteiger partial charge < -0.3 is 10.2 Å². The Hall–Kier alpha value is -0.0800. The van der Waals surface area contributed by atoms with Crippen LogP contribution in [0.3, 0.4) is 0 Å². The van der Waals surface area contributed by atoms with E-state index in [4.69, 9.17) is 0 Å². The van der Waals surface area contributed by atoms with Crippen LogP contribution in [0.5, 0.6) is 0 Å². The Kier molecular flexibility index (Phi) is 11.4. The molecule has 0 bridgehead atoms. The standard InChI is InChI=1S/C19H40O2/c1-5-9-10-11-12-13-17-18(14-6-2,15-7-3)19(20,21)16-8-4/h20-21H,5-17H2,1-4H3. The van der Waals surface area contributed by atoms with Crippen LogP contribution in [0, 0.1) is 5.41 Å². The molecule has 128 valence electrons. The Labute approximate surface area is 133 Å². The zero-order valence-electron chi connectivity index (χ0n) is 15.1. The second-order valence-electron chi connectivity index (χ2n) is 6.86. The molecule has 0 aromatic rings. The SMILES string of the molecule is CCCCCCCCC(CCC)(CCC)C(O)(O)CCC. The van der Waals surface area contributed by atoms with Gasteiger partial charge in [-0.1, -0.05) is 85.5 Å². The topological polar surface area (TPSA) is 40.5 Å². The largest absolute Gasteiger partial charge is 0.365 e. The van der Waals surface area contributed by atoms with E-state index in [1.807, 2.05) is 6.92 Å². The van der Waals surface area contributed by atoms with Crippen molar-refractivity contribution >= 4 is 0 Å². The Bertz CT molecular complexity index is 230. The van der Waals surface area contributed by atoms with Gasteiger partial charge in [0.15, 0.2) is 5.79 Å². The molecule has 0 saturated heterocycles. The molecule has 2 nitrogen and oxygen atoms in total. The highest BCUT2D eigenvalue weighted by molar-refractivity contribution is 4.91. The van der Waals surface area contributed by atoms with Crippen LogP contribution >= 0.6 is 0 Å². The van der Waals surface area contributed by atoms with Crippen molar-refractivity contribution in [2.24, 2.45) is 5.41 Å². The minimum Gasteiger partial charge on any atom is -0.365 e. The normalized spacial score (nSPS) is 12.9. The maximum Gasteiger partial charge on any atom is 0.168 e. The molecule has 0 saturated carbocycles. The number of aliphatic hydroxyl groups is 2. The van der Waals surface area contributed by atoms with Gasteiger partial charge in [-0.25, -0.2) is 0 Å². The molecule has 0 atom stereocenters. The summed E-state index contributed by atoms with van der Waals surface area (Å²) in [4.78, 5) is 0. The summed E-state index contributed by atoms with van der Waals surface area (Å²) in [6, 6.07) is 0. The van der Waals surface area contributed by atoms with Crippen molar-refractivity contribution in [2.45, 2.75) is 117 Å². The highest BCUT2D eigenvalue weighted by Gasteiger charge is 2.46. The number of hydrogen-bond donors (Lipinski definition) is 2. The van der Waals surface area contributed by atoms with E-state index in [2.05, 4.69) is 20.8 Å². The molecule has 21 heavy (non-hydrogen) atoms.